The number of nitrogens with one attached hydrogen (secondary N) is 1. The highest BCUT2D eigenvalue weighted by molar-refractivity contribution is 8.00. The van der Waals surface area contributed by atoms with Crippen LogP contribution in [0.1, 0.15) is 21.9 Å². The first-order valence-electron chi connectivity index (χ1n) is 14.4. The number of rotatable bonds is 8. The van der Waals surface area contributed by atoms with Gasteiger partial charge in [-0.15, -0.1) is 11.8 Å². The fraction of sp³-hybridized carbons (Fsp3) is 0.176. The molecule has 0 saturated carbocycles. The van der Waals surface area contributed by atoms with Gasteiger partial charge in [0.05, 0.1) is 29.5 Å². The molecule has 0 unspecified atom stereocenters. The van der Waals surface area contributed by atoms with Crippen molar-refractivity contribution in [1.82, 2.24) is 20.1 Å². The molecular weight excluding hydrogens is 590 g/mol. The van der Waals surface area contributed by atoms with Crippen molar-refractivity contribution in [2.24, 2.45) is 0 Å². The Morgan fingerprint density at radius 3 is 2.62 bits per heavy atom. The third-order valence-electron chi connectivity index (χ3n) is 7.67. The lowest BCUT2D eigenvalue weighted by Crippen LogP contribution is -2.42. The fourth-order valence-corrected chi connectivity index (χ4v) is 6.66. The summed E-state index contributed by atoms with van der Waals surface area (Å²) in [5.41, 5.74) is 4.95. The van der Waals surface area contributed by atoms with Gasteiger partial charge in [0.15, 0.2) is 11.5 Å². The van der Waals surface area contributed by atoms with Crippen LogP contribution in [0.2, 0.25) is 0 Å². The SMILES string of the molecule is COc1ccc(-n2nc(-c3ccccc3)c3c2N(CC(=O)NCc2cccnc2)C(=O)CS[C@H]3c2ccc3c(c2)OCO3)cc1. The van der Waals surface area contributed by atoms with Crippen LogP contribution in [0, 0.1) is 0 Å². The molecule has 0 saturated heterocycles. The number of hydrogen-bond donors (Lipinski definition) is 1. The Kier molecular flexibility index (Phi) is 7.83. The molecule has 0 bridgehead atoms. The van der Waals surface area contributed by atoms with Crippen LogP contribution in [0.15, 0.2) is 97.3 Å². The lowest BCUT2D eigenvalue weighted by molar-refractivity contribution is -0.123. The van der Waals surface area contributed by atoms with Gasteiger partial charge < -0.3 is 19.5 Å². The maximum Gasteiger partial charge on any atom is 0.240 e. The normalized spacial score (nSPS) is 15.4. The van der Waals surface area contributed by atoms with Gasteiger partial charge in [-0.2, -0.15) is 5.10 Å². The molecule has 5 aromatic rings. The summed E-state index contributed by atoms with van der Waals surface area (Å²) in [6, 6.07) is 26.9. The Morgan fingerprint density at radius 1 is 1.02 bits per heavy atom. The molecule has 2 aromatic heterocycles. The van der Waals surface area contributed by atoms with Crippen molar-refractivity contribution in [2.45, 2.75) is 11.8 Å². The van der Waals surface area contributed by atoms with Gasteiger partial charge in [-0.25, -0.2) is 4.68 Å². The summed E-state index contributed by atoms with van der Waals surface area (Å²) in [5, 5.41) is 7.78. The summed E-state index contributed by atoms with van der Waals surface area (Å²) in [5.74, 6) is 2.22. The molecule has 7 rings (SSSR count). The molecule has 3 aromatic carbocycles. The summed E-state index contributed by atoms with van der Waals surface area (Å²) in [4.78, 5) is 33.1. The van der Waals surface area contributed by atoms with E-state index in [0.29, 0.717) is 35.3 Å². The number of benzene rings is 3. The van der Waals surface area contributed by atoms with Gasteiger partial charge in [0.1, 0.15) is 18.1 Å². The predicted octanol–water partition coefficient (Wildman–Crippen LogP) is 5.16. The number of hydrogen-bond acceptors (Lipinski definition) is 8. The second-order valence-corrected chi connectivity index (χ2v) is 11.6. The minimum Gasteiger partial charge on any atom is -0.497 e. The second kappa shape index (κ2) is 12.4. The molecule has 0 fully saturated rings. The number of carbonyl (C=O) groups is 2. The predicted molar refractivity (Wildman–Crippen MR) is 171 cm³/mol. The number of amides is 2. The summed E-state index contributed by atoms with van der Waals surface area (Å²) in [6.45, 7) is 0.271. The molecule has 2 amide bonds. The van der Waals surface area contributed by atoms with E-state index in [1.807, 2.05) is 84.9 Å². The monoisotopic (exact) mass is 619 g/mol. The summed E-state index contributed by atoms with van der Waals surface area (Å²) >= 11 is 1.50. The molecular formula is C34H29N5O5S. The second-order valence-electron chi connectivity index (χ2n) is 10.5. The zero-order valence-electron chi connectivity index (χ0n) is 24.4. The van der Waals surface area contributed by atoms with Crippen molar-refractivity contribution in [3.63, 3.8) is 0 Å². The molecule has 0 spiro atoms. The Hall–Kier alpha value is -5.29. The van der Waals surface area contributed by atoms with Crippen molar-refractivity contribution in [2.75, 3.05) is 31.1 Å². The fourth-order valence-electron chi connectivity index (χ4n) is 5.47. The first-order chi connectivity index (χ1) is 22.1. The van der Waals surface area contributed by atoms with Gasteiger partial charge >= 0.3 is 0 Å². The van der Waals surface area contributed by atoms with E-state index in [9.17, 15) is 9.59 Å². The highest BCUT2D eigenvalue weighted by atomic mass is 32.2. The Labute approximate surface area is 263 Å². The maximum atomic E-state index is 14.0. The van der Waals surface area contributed by atoms with Crippen LogP contribution < -0.4 is 24.4 Å². The van der Waals surface area contributed by atoms with E-state index in [1.54, 1.807) is 29.1 Å². The van der Waals surface area contributed by atoms with Gasteiger partial charge in [-0.05, 0) is 53.6 Å². The van der Waals surface area contributed by atoms with Crippen molar-refractivity contribution < 1.29 is 23.8 Å². The van der Waals surface area contributed by atoms with E-state index in [2.05, 4.69) is 10.3 Å². The summed E-state index contributed by atoms with van der Waals surface area (Å²) in [7, 11) is 1.61. The molecule has 0 radical (unpaired) electrons. The number of thioether (sulfide) groups is 1. The molecule has 0 aliphatic carbocycles. The van der Waals surface area contributed by atoms with Gasteiger partial charge in [0, 0.05) is 30.1 Å². The number of ether oxygens (including phenoxy) is 3. The zero-order valence-corrected chi connectivity index (χ0v) is 25.2. The van der Waals surface area contributed by atoms with Crippen LogP contribution in [0.4, 0.5) is 5.82 Å². The van der Waals surface area contributed by atoms with Crippen molar-refractivity contribution in [3.8, 4) is 34.2 Å². The number of carbonyl (C=O) groups excluding carboxylic acids is 2. The van der Waals surface area contributed by atoms with Crippen molar-refractivity contribution >= 4 is 29.4 Å². The van der Waals surface area contributed by atoms with Crippen LogP contribution in [0.25, 0.3) is 16.9 Å². The Morgan fingerprint density at radius 2 is 1.84 bits per heavy atom. The van der Waals surface area contributed by atoms with E-state index in [0.717, 1.165) is 27.9 Å². The Balaban J connectivity index is 1.38. The number of anilines is 1. The highest BCUT2D eigenvalue weighted by Gasteiger charge is 2.38. The molecule has 1 N–H and O–H groups in total. The summed E-state index contributed by atoms with van der Waals surface area (Å²) in [6.07, 6.45) is 3.38. The topological polar surface area (TPSA) is 108 Å². The molecule has 4 heterocycles. The average Bonchev–Trinajstić information content (AvgIpc) is 3.69. The molecule has 11 heteroatoms. The van der Waals surface area contributed by atoms with E-state index in [4.69, 9.17) is 19.3 Å². The highest BCUT2D eigenvalue weighted by Crippen LogP contribution is 2.50. The molecule has 45 heavy (non-hydrogen) atoms. The van der Waals surface area contributed by atoms with Crippen LogP contribution in [-0.4, -0.2) is 52.8 Å². The quantitative estimate of drug-likeness (QED) is 0.254. The average molecular weight is 620 g/mol. The van der Waals surface area contributed by atoms with Gasteiger partial charge in [0.25, 0.3) is 0 Å². The van der Waals surface area contributed by atoms with E-state index < -0.39 is 0 Å². The summed E-state index contributed by atoms with van der Waals surface area (Å²) < 4.78 is 18.5. The smallest absolute Gasteiger partial charge is 0.240 e. The zero-order chi connectivity index (χ0) is 30.8. The lowest BCUT2D eigenvalue weighted by Gasteiger charge is -2.23. The molecule has 2 aliphatic rings. The van der Waals surface area contributed by atoms with Crippen molar-refractivity contribution in [3.05, 3.63) is 114 Å². The van der Waals surface area contributed by atoms with Crippen LogP contribution in [0.3, 0.4) is 0 Å². The van der Waals surface area contributed by atoms with Gasteiger partial charge in [0.2, 0.25) is 18.6 Å². The minimum atomic E-state index is -0.302. The number of pyridine rings is 1. The van der Waals surface area contributed by atoms with Crippen LogP contribution in [-0.2, 0) is 16.1 Å². The van der Waals surface area contributed by atoms with Crippen LogP contribution >= 0.6 is 11.8 Å². The first kappa shape index (κ1) is 28.5. The van der Waals surface area contributed by atoms with Gasteiger partial charge in [-0.1, -0.05) is 42.5 Å². The number of nitrogens with zero attached hydrogens (tertiary/aromatic N) is 4. The standard InChI is InChI=1S/C34H29N5O5S/c1-42-26-12-10-25(11-13-26)39-34-31(32(37-39)23-7-3-2-4-8-23)33(24-9-14-27-28(16-24)44-21-43-27)45-20-30(41)38(34)19-29(40)36-18-22-6-5-15-35-17-22/h2-17,33H,18-21H2,1H3,(H,36,40)/t33-/m0/s1. The van der Waals surface area contributed by atoms with E-state index in [1.165, 1.54) is 11.8 Å². The number of methoxy groups -OCH3 is 1. The number of aromatic nitrogens is 3. The molecule has 10 nitrogen and oxygen atoms in total. The van der Waals surface area contributed by atoms with Crippen LogP contribution in [0.5, 0.6) is 17.2 Å². The third-order valence-corrected chi connectivity index (χ3v) is 8.92. The first-order valence-corrected chi connectivity index (χ1v) is 15.4. The van der Waals surface area contributed by atoms with Crippen molar-refractivity contribution in [1.29, 1.82) is 0 Å². The molecule has 1 atom stereocenters. The van der Waals surface area contributed by atoms with Gasteiger partial charge in [-0.3, -0.25) is 19.5 Å². The lowest BCUT2D eigenvalue weighted by atomic mass is 9.99. The van der Waals surface area contributed by atoms with E-state index >= 15 is 0 Å². The van der Waals surface area contributed by atoms with E-state index in [-0.39, 0.29) is 36.2 Å². The Bertz CT molecular complexity index is 1850. The minimum absolute atomic E-state index is 0.153. The molecule has 226 valence electrons. The maximum absolute atomic E-state index is 14.0. The number of fused-ring (bicyclic) bond motifs is 2. The molecule has 2 aliphatic heterocycles. The third kappa shape index (κ3) is 5.69. The largest absolute Gasteiger partial charge is 0.497 e.